The average molecular weight is 292 g/mol. The van der Waals surface area contributed by atoms with Crippen molar-refractivity contribution in [2.45, 2.75) is 25.7 Å². The van der Waals surface area contributed by atoms with Gasteiger partial charge in [0.05, 0.1) is 7.11 Å². The van der Waals surface area contributed by atoms with Gasteiger partial charge in [-0.2, -0.15) is 0 Å². The Morgan fingerprint density at radius 2 is 2.10 bits per heavy atom. The molecule has 21 heavy (non-hydrogen) atoms. The number of rotatable bonds is 5. The highest BCUT2D eigenvalue weighted by Crippen LogP contribution is 2.31. The zero-order chi connectivity index (χ0) is 15.6. The number of benzene rings is 1. The smallest absolute Gasteiger partial charge is 0.347 e. The average Bonchev–Trinajstić information content (AvgIpc) is 2.43. The predicted octanol–water partition coefficient (Wildman–Crippen LogP) is 2.48. The Bertz CT molecular complexity index is 731. The van der Waals surface area contributed by atoms with Gasteiger partial charge in [0.15, 0.2) is 0 Å². The molecule has 0 spiro atoms. The number of fused-ring (bicyclic) bond motifs is 1. The van der Waals surface area contributed by atoms with E-state index >= 15 is 0 Å². The summed E-state index contributed by atoms with van der Waals surface area (Å²) in [4.78, 5) is 23.3. The summed E-state index contributed by atoms with van der Waals surface area (Å²) in [5.74, 6) is -1.74. The number of carboxylic acid groups (broad SMARTS) is 1. The largest absolute Gasteiger partial charge is 0.507 e. The summed E-state index contributed by atoms with van der Waals surface area (Å²) in [5.41, 5.74) is -0.759. The molecule has 0 amide bonds. The van der Waals surface area contributed by atoms with Gasteiger partial charge in [0.1, 0.15) is 28.6 Å². The number of hydrogen-bond donors (Lipinski definition) is 2. The molecule has 1 atom stereocenters. The number of aliphatic carboxylic acids is 1. The molecular formula is C15H16O6. The molecule has 2 aromatic rings. The van der Waals surface area contributed by atoms with Crippen molar-refractivity contribution in [3.63, 3.8) is 0 Å². The van der Waals surface area contributed by atoms with Crippen LogP contribution in [-0.4, -0.2) is 23.3 Å². The van der Waals surface area contributed by atoms with Gasteiger partial charge in [-0.05, 0) is 23.9 Å². The first-order valence-corrected chi connectivity index (χ1v) is 6.55. The number of ether oxygens (including phenoxy) is 1. The number of carbonyl (C=O) groups is 1. The third kappa shape index (κ3) is 2.84. The van der Waals surface area contributed by atoms with Gasteiger partial charge in [-0.3, -0.25) is 4.79 Å². The summed E-state index contributed by atoms with van der Waals surface area (Å²) in [6.07, 6.45) is 1.00. The summed E-state index contributed by atoms with van der Waals surface area (Å²) < 4.78 is 10.1. The summed E-state index contributed by atoms with van der Waals surface area (Å²) >= 11 is 0. The monoisotopic (exact) mass is 292 g/mol. The van der Waals surface area contributed by atoms with Crippen molar-refractivity contribution in [3.05, 3.63) is 34.4 Å². The highest BCUT2D eigenvalue weighted by atomic mass is 16.5. The summed E-state index contributed by atoms with van der Waals surface area (Å²) in [7, 11) is 1.43. The number of methoxy groups -OCH3 is 1. The molecule has 6 heteroatoms. The van der Waals surface area contributed by atoms with Gasteiger partial charge in [0, 0.05) is 6.07 Å². The van der Waals surface area contributed by atoms with Crippen LogP contribution in [0.15, 0.2) is 27.4 Å². The first kappa shape index (κ1) is 14.9. The van der Waals surface area contributed by atoms with E-state index in [9.17, 15) is 19.8 Å². The van der Waals surface area contributed by atoms with E-state index < -0.39 is 17.5 Å². The summed E-state index contributed by atoms with van der Waals surface area (Å²) in [6, 6.07) is 4.33. The van der Waals surface area contributed by atoms with E-state index in [0.717, 1.165) is 0 Å². The quantitative estimate of drug-likeness (QED) is 0.878. The van der Waals surface area contributed by atoms with Gasteiger partial charge in [-0.1, -0.05) is 13.3 Å². The first-order valence-electron chi connectivity index (χ1n) is 6.55. The third-order valence-corrected chi connectivity index (χ3v) is 3.29. The molecule has 2 N–H and O–H groups in total. The Labute approximate surface area is 120 Å². The normalized spacial score (nSPS) is 12.3. The summed E-state index contributed by atoms with van der Waals surface area (Å²) in [6.45, 7) is 1.85. The zero-order valence-corrected chi connectivity index (χ0v) is 11.8. The van der Waals surface area contributed by atoms with E-state index in [1.807, 2.05) is 6.92 Å². The number of phenols is 1. The number of aromatic hydroxyl groups is 1. The van der Waals surface area contributed by atoms with Crippen molar-refractivity contribution < 1.29 is 24.2 Å². The topological polar surface area (TPSA) is 97.0 Å². The van der Waals surface area contributed by atoms with E-state index in [1.165, 1.54) is 19.2 Å². The molecule has 0 aliphatic rings. The fourth-order valence-electron chi connectivity index (χ4n) is 2.26. The second-order valence-corrected chi connectivity index (χ2v) is 4.73. The third-order valence-electron chi connectivity index (χ3n) is 3.29. The van der Waals surface area contributed by atoms with Gasteiger partial charge < -0.3 is 19.4 Å². The standard InChI is InChI=1S/C15H16O6/c1-3-4-10(14(17)18)12-6-8-5-9(20-2)7-11(16)13(8)15(19)21-12/h5-7,10,16H,3-4H2,1-2H3,(H,17,18). The molecule has 1 unspecified atom stereocenters. The van der Waals surface area contributed by atoms with Crippen molar-refractivity contribution in [1.82, 2.24) is 0 Å². The highest BCUT2D eigenvalue weighted by Gasteiger charge is 2.23. The Morgan fingerprint density at radius 1 is 1.38 bits per heavy atom. The Balaban J connectivity index is 2.68. The van der Waals surface area contributed by atoms with Crippen LogP contribution in [0.3, 0.4) is 0 Å². The van der Waals surface area contributed by atoms with E-state index in [-0.39, 0.29) is 16.9 Å². The van der Waals surface area contributed by atoms with Crippen molar-refractivity contribution >= 4 is 16.7 Å². The molecule has 1 aromatic heterocycles. The van der Waals surface area contributed by atoms with Crippen LogP contribution in [0.5, 0.6) is 11.5 Å². The Morgan fingerprint density at radius 3 is 2.67 bits per heavy atom. The van der Waals surface area contributed by atoms with E-state index in [0.29, 0.717) is 24.0 Å². The van der Waals surface area contributed by atoms with E-state index in [1.54, 1.807) is 6.07 Å². The van der Waals surface area contributed by atoms with Crippen LogP contribution in [0, 0.1) is 0 Å². The lowest BCUT2D eigenvalue weighted by Crippen LogP contribution is -2.14. The fourth-order valence-corrected chi connectivity index (χ4v) is 2.26. The molecule has 1 aromatic carbocycles. The second kappa shape index (κ2) is 5.87. The first-order chi connectivity index (χ1) is 9.97. The predicted molar refractivity (Wildman–Crippen MR) is 76.0 cm³/mol. The molecule has 0 fully saturated rings. The molecule has 0 aliphatic heterocycles. The second-order valence-electron chi connectivity index (χ2n) is 4.73. The van der Waals surface area contributed by atoms with Crippen LogP contribution in [-0.2, 0) is 4.79 Å². The van der Waals surface area contributed by atoms with Gasteiger partial charge in [0.2, 0.25) is 0 Å². The molecule has 112 valence electrons. The fraction of sp³-hybridized carbons (Fsp3) is 0.333. The van der Waals surface area contributed by atoms with Crippen molar-refractivity contribution in [3.8, 4) is 11.5 Å². The highest BCUT2D eigenvalue weighted by molar-refractivity contribution is 5.89. The molecule has 0 saturated carbocycles. The molecule has 6 nitrogen and oxygen atoms in total. The number of carboxylic acids is 1. The maximum absolute atomic E-state index is 12.0. The minimum atomic E-state index is -1.05. The maximum Gasteiger partial charge on any atom is 0.347 e. The lowest BCUT2D eigenvalue weighted by Gasteiger charge is -2.11. The van der Waals surface area contributed by atoms with Crippen LogP contribution in [0.4, 0.5) is 0 Å². The molecule has 1 heterocycles. The van der Waals surface area contributed by atoms with E-state index in [4.69, 9.17) is 9.15 Å². The van der Waals surface area contributed by atoms with Crippen LogP contribution in [0.1, 0.15) is 31.4 Å². The molecule has 0 bridgehead atoms. The minimum absolute atomic E-state index is 0.0141. The van der Waals surface area contributed by atoms with Crippen molar-refractivity contribution in [1.29, 1.82) is 0 Å². The minimum Gasteiger partial charge on any atom is -0.507 e. The number of phenolic OH excluding ortho intramolecular Hbond substituents is 1. The van der Waals surface area contributed by atoms with Crippen LogP contribution >= 0.6 is 0 Å². The molecule has 2 rings (SSSR count). The molecule has 0 saturated heterocycles. The SMILES string of the molecule is CCCC(C(=O)O)c1cc2cc(OC)cc(O)c2c(=O)o1. The maximum atomic E-state index is 12.0. The van der Waals surface area contributed by atoms with Gasteiger partial charge in [0.25, 0.3) is 0 Å². The molecule has 0 radical (unpaired) electrons. The van der Waals surface area contributed by atoms with Gasteiger partial charge >= 0.3 is 11.6 Å². The van der Waals surface area contributed by atoms with Crippen LogP contribution < -0.4 is 10.4 Å². The zero-order valence-electron chi connectivity index (χ0n) is 11.8. The lowest BCUT2D eigenvalue weighted by molar-refractivity contribution is -0.139. The lowest BCUT2D eigenvalue weighted by atomic mass is 9.99. The Hall–Kier alpha value is -2.50. The van der Waals surface area contributed by atoms with Crippen LogP contribution in [0.25, 0.3) is 10.8 Å². The van der Waals surface area contributed by atoms with Crippen molar-refractivity contribution in [2.75, 3.05) is 7.11 Å². The van der Waals surface area contributed by atoms with Crippen molar-refractivity contribution in [2.24, 2.45) is 0 Å². The Kier molecular flexibility index (Phi) is 4.16. The van der Waals surface area contributed by atoms with Crippen LogP contribution in [0.2, 0.25) is 0 Å². The molecular weight excluding hydrogens is 276 g/mol. The molecule has 0 aliphatic carbocycles. The summed E-state index contributed by atoms with van der Waals surface area (Å²) in [5, 5.41) is 19.5. The van der Waals surface area contributed by atoms with Gasteiger partial charge in [-0.25, -0.2) is 4.79 Å². The van der Waals surface area contributed by atoms with E-state index in [2.05, 4.69) is 0 Å². The van der Waals surface area contributed by atoms with Gasteiger partial charge in [-0.15, -0.1) is 0 Å². The number of hydrogen-bond acceptors (Lipinski definition) is 5.